The van der Waals surface area contributed by atoms with E-state index in [4.69, 9.17) is 5.26 Å². The molecule has 1 aliphatic carbocycles. The summed E-state index contributed by atoms with van der Waals surface area (Å²) in [6, 6.07) is 2.13. The van der Waals surface area contributed by atoms with Crippen molar-refractivity contribution in [1.29, 1.82) is 5.26 Å². The van der Waals surface area contributed by atoms with E-state index in [0.717, 1.165) is 18.3 Å². The van der Waals surface area contributed by atoms with Gasteiger partial charge in [0.1, 0.15) is 0 Å². The lowest BCUT2D eigenvalue weighted by atomic mass is 9.77. The molecule has 0 aromatic heterocycles. The van der Waals surface area contributed by atoms with Crippen molar-refractivity contribution in [3.8, 4) is 6.07 Å². The van der Waals surface area contributed by atoms with Gasteiger partial charge in [0.15, 0.2) is 0 Å². The molecule has 0 amide bonds. The summed E-state index contributed by atoms with van der Waals surface area (Å²) < 4.78 is 0. The number of nitriles is 1. The van der Waals surface area contributed by atoms with E-state index >= 15 is 0 Å². The van der Waals surface area contributed by atoms with Crippen molar-refractivity contribution < 1.29 is 0 Å². The van der Waals surface area contributed by atoms with Gasteiger partial charge in [-0.25, -0.2) is 0 Å². The van der Waals surface area contributed by atoms with Gasteiger partial charge in [0.05, 0.1) is 6.07 Å². The summed E-state index contributed by atoms with van der Waals surface area (Å²) in [6.45, 7) is 8.86. The molecule has 0 radical (unpaired) electrons. The molecule has 1 atom stereocenters. The second-order valence-corrected chi connectivity index (χ2v) is 4.96. The zero-order valence-corrected chi connectivity index (χ0v) is 10.3. The largest absolute Gasteiger partial charge is 0.193 e. The van der Waals surface area contributed by atoms with Crippen LogP contribution in [0, 0.1) is 23.2 Å². The number of hydrogen-bond donors (Lipinski definition) is 0. The maximum Gasteiger partial charge on any atom is 0.0914 e. The molecule has 0 N–H and O–H groups in total. The zero-order valence-electron chi connectivity index (χ0n) is 10.3. The lowest BCUT2D eigenvalue weighted by Crippen LogP contribution is -2.15. The van der Waals surface area contributed by atoms with E-state index < -0.39 is 0 Å². The van der Waals surface area contributed by atoms with Crippen LogP contribution in [-0.4, -0.2) is 0 Å². The number of hydrogen-bond acceptors (Lipinski definition) is 1. The molecule has 0 saturated heterocycles. The molecular weight excluding hydrogens is 182 g/mol. The van der Waals surface area contributed by atoms with E-state index in [0.29, 0.717) is 0 Å². The number of rotatable bonds is 2. The third-order valence-corrected chi connectivity index (χ3v) is 3.57. The minimum Gasteiger partial charge on any atom is -0.193 e. The van der Waals surface area contributed by atoms with E-state index in [1.165, 1.54) is 29.6 Å². The van der Waals surface area contributed by atoms with Crippen molar-refractivity contribution >= 4 is 0 Å². The van der Waals surface area contributed by atoms with Crippen LogP contribution in [0.2, 0.25) is 0 Å². The van der Waals surface area contributed by atoms with E-state index in [-0.39, 0.29) is 0 Å². The van der Waals surface area contributed by atoms with Crippen molar-refractivity contribution in [3.63, 3.8) is 0 Å². The first-order chi connectivity index (χ1) is 7.06. The van der Waals surface area contributed by atoms with Crippen LogP contribution in [0.1, 0.15) is 47.0 Å². The topological polar surface area (TPSA) is 23.8 Å². The fourth-order valence-electron chi connectivity index (χ4n) is 2.34. The molecule has 1 heteroatoms. The molecule has 0 aromatic rings. The molecule has 0 spiro atoms. The SMILES string of the molecule is CC(=CC#N)C1=C(C)CCC(C(C)C)C1. The zero-order chi connectivity index (χ0) is 11.4. The normalized spacial score (nSPS) is 23.2. The Morgan fingerprint density at radius 1 is 1.53 bits per heavy atom. The Morgan fingerprint density at radius 3 is 2.73 bits per heavy atom. The van der Waals surface area contributed by atoms with Crippen molar-refractivity contribution in [1.82, 2.24) is 0 Å². The van der Waals surface area contributed by atoms with Crippen LogP contribution in [-0.2, 0) is 0 Å². The lowest BCUT2D eigenvalue weighted by molar-refractivity contribution is 0.343. The monoisotopic (exact) mass is 203 g/mol. The maximum atomic E-state index is 8.68. The molecule has 1 unspecified atom stereocenters. The first-order valence-corrected chi connectivity index (χ1v) is 5.81. The smallest absolute Gasteiger partial charge is 0.0914 e. The minimum absolute atomic E-state index is 0.753. The second-order valence-electron chi connectivity index (χ2n) is 4.96. The molecule has 1 nitrogen and oxygen atoms in total. The summed E-state index contributed by atoms with van der Waals surface area (Å²) in [4.78, 5) is 0. The van der Waals surface area contributed by atoms with Crippen molar-refractivity contribution in [2.24, 2.45) is 11.8 Å². The molecule has 15 heavy (non-hydrogen) atoms. The van der Waals surface area contributed by atoms with Gasteiger partial charge in [-0.1, -0.05) is 19.4 Å². The van der Waals surface area contributed by atoms with Crippen molar-refractivity contribution in [3.05, 3.63) is 22.8 Å². The highest BCUT2D eigenvalue weighted by Crippen LogP contribution is 2.36. The van der Waals surface area contributed by atoms with E-state index in [1.54, 1.807) is 6.08 Å². The molecular formula is C14H21N. The summed E-state index contributed by atoms with van der Waals surface area (Å²) in [6.07, 6.45) is 5.36. The number of allylic oxidation sites excluding steroid dienone is 4. The van der Waals surface area contributed by atoms with Crippen LogP contribution >= 0.6 is 0 Å². The van der Waals surface area contributed by atoms with Crippen molar-refractivity contribution in [2.45, 2.75) is 47.0 Å². The Kier molecular flexibility index (Phi) is 4.15. The van der Waals surface area contributed by atoms with Crippen LogP contribution in [0.25, 0.3) is 0 Å². The molecule has 0 saturated carbocycles. The van der Waals surface area contributed by atoms with E-state index in [2.05, 4.69) is 33.8 Å². The Hall–Kier alpha value is -1.03. The first kappa shape index (κ1) is 12.0. The first-order valence-electron chi connectivity index (χ1n) is 5.81. The van der Waals surface area contributed by atoms with Gasteiger partial charge in [0.25, 0.3) is 0 Å². The van der Waals surface area contributed by atoms with E-state index in [9.17, 15) is 0 Å². The van der Waals surface area contributed by atoms with Gasteiger partial charge in [-0.2, -0.15) is 5.26 Å². The predicted molar refractivity (Wildman–Crippen MR) is 64.2 cm³/mol. The maximum absolute atomic E-state index is 8.68. The Bertz CT molecular complexity index is 326. The van der Waals surface area contributed by atoms with Crippen LogP contribution < -0.4 is 0 Å². The quantitative estimate of drug-likeness (QED) is 0.616. The molecule has 0 aliphatic heterocycles. The van der Waals surface area contributed by atoms with Gasteiger partial charge in [-0.15, -0.1) is 0 Å². The molecule has 0 fully saturated rings. The summed E-state index contributed by atoms with van der Waals surface area (Å²) in [5.41, 5.74) is 4.08. The van der Waals surface area contributed by atoms with Crippen molar-refractivity contribution in [2.75, 3.05) is 0 Å². The second kappa shape index (κ2) is 5.16. The summed E-state index contributed by atoms with van der Waals surface area (Å²) >= 11 is 0. The van der Waals surface area contributed by atoms with Crippen LogP contribution in [0.5, 0.6) is 0 Å². The van der Waals surface area contributed by atoms with Gasteiger partial charge >= 0.3 is 0 Å². The average Bonchev–Trinajstić information content (AvgIpc) is 2.18. The van der Waals surface area contributed by atoms with Gasteiger partial charge in [0.2, 0.25) is 0 Å². The summed E-state index contributed by atoms with van der Waals surface area (Å²) in [5.74, 6) is 1.55. The fraction of sp³-hybridized carbons (Fsp3) is 0.643. The van der Waals surface area contributed by atoms with E-state index in [1.807, 2.05) is 0 Å². The molecule has 0 aromatic carbocycles. The molecule has 0 heterocycles. The fourth-order valence-corrected chi connectivity index (χ4v) is 2.34. The molecule has 1 aliphatic rings. The summed E-state index contributed by atoms with van der Waals surface area (Å²) in [7, 11) is 0. The Morgan fingerprint density at radius 2 is 2.20 bits per heavy atom. The third kappa shape index (κ3) is 2.96. The van der Waals surface area contributed by atoms with Gasteiger partial charge in [-0.3, -0.25) is 0 Å². The average molecular weight is 203 g/mol. The third-order valence-electron chi connectivity index (χ3n) is 3.57. The van der Waals surface area contributed by atoms with Crippen LogP contribution in [0.15, 0.2) is 22.8 Å². The summed E-state index contributed by atoms with van der Waals surface area (Å²) in [5, 5.41) is 8.68. The van der Waals surface area contributed by atoms with Gasteiger partial charge < -0.3 is 0 Å². The highest BCUT2D eigenvalue weighted by atomic mass is 14.3. The lowest BCUT2D eigenvalue weighted by Gasteiger charge is -2.29. The predicted octanol–water partition coefficient (Wildman–Crippen LogP) is 4.23. The standard InChI is InChI=1S/C14H21N/c1-10(2)13-6-5-11(3)14(9-13)12(4)7-8-15/h7,10,13H,5-6,9H2,1-4H3. The number of nitrogens with zero attached hydrogens (tertiary/aromatic N) is 1. The molecule has 82 valence electrons. The minimum atomic E-state index is 0.753. The van der Waals surface area contributed by atoms with Crippen LogP contribution in [0.4, 0.5) is 0 Å². The molecule has 1 rings (SSSR count). The van der Waals surface area contributed by atoms with Gasteiger partial charge in [0, 0.05) is 6.08 Å². The Balaban J connectivity index is 2.87. The molecule has 0 bridgehead atoms. The van der Waals surface area contributed by atoms with Gasteiger partial charge in [-0.05, 0) is 56.1 Å². The highest BCUT2D eigenvalue weighted by Gasteiger charge is 2.21. The Labute approximate surface area is 93.5 Å². The van der Waals surface area contributed by atoms with Crippen LogP contribution in [0.3, 0.4) is 0 Å². The highest BCUT2D eigenvalue weighted by molar-refractivity contribution is 5.37.